The molecule has 0 fully saturated rings. The third-order valence-electron chi connectivity index (χ3n) is 5.94. The van der Waals surface area contributed by atoms with Gasteiger partial charge in [0.15, 0.2) is 5.78 Å². The lowest BCUT2D eigenvalue weighted by molar-refractivity contribution is -0.142. The van der Waals surface area contributed by atoms with Crippen LogP contribution in [-0.4, -0.2) is 42.2 Å². The first-order valence-corrected chi connectivity index (χ1v) is 13.1. The van der Waals surface area contributed by atoms with Crippen LogP contribution in [0.2, 0.25) is 0 Å². The molecule has 1 aromatic carbocycles. The zero-order chi connectivity index (χ0) is 28.9. The number of hydrogen-bond donors (Lipinski definition) is 4. The Balaban J connectivity index is 2.91. The Labute approximate surface area is 225 Å². The number of ether oxygens (including phenoxy) is 1. The lowest BCUT2D eigenvalue weighted by Gasteiger charge is -2.25. The molecule has 0 aliphatic rings. The van der Waals surface area contributed by atoms with Gasteiger partial charge in [-0.05, 0) is 48.3 Å². The molecule has 212 valence electrons. The number of Topliss-reactive ketones (excluding diaryl/α,β-unsaturated/α-hetero) is 1. The van der Waals surface area contributed by atoms with Gasteiger partial charge in [-0.1, -0.05) is 46.8 Å². The minimum atomic E-state index is -0.706. The molecule has 10 heteroatoms. The van der Waals surface area contributed by atoms with Crippen molar-refractivity contribution in [2.24, 2.45) is 23.0 Å². The summed E-state index contributed by atoms with van der Waals surface area (Å²) in [6.45, 7) is 11.6. The topological polar surface area (TPSA) is 157 Å². The summed E-state index contributed by atoms with van der Waals surface area (Å²) >= 11 is 0. The van der Waals surface area contributed by atoms with Gasteiger partial charge in [-0.25, -0.2) is 4.79 Å². The molecule has 0 bridgehead atoms. The zero-order valence-corrected chi connectivity index (χ0v) is 23.5. The highest BCUT2D eigenvalue weighted by molar-refractivity contribution is 5.97. The number of primary amides is 1. The summed E-state index contributed by atoms with van der Waals surface area (Å²) in [5.74, 6) is -1.95. The number of carbonyl (C=O) groups is 5. The number of hydrogen-bond acceptors (Lipinski definition) is 6. The summed E-state index contributed by atoms with van der Waals surface area (Å²) in [4.78, 5) is 61.0. The first-order valence-electron chi connectivity index (χ1n) is 13.1. The number of esters is 1. The van der Waals surface area contributed by atoms with Crippen molar-refractivity contribution in [1.82, 2.24) is 10.6 Å². The smallest absolute Gasteiger partial charge is 0.312 e. The number of carbonyl (C=O) groups excluding carboxylic acids is 5. The Morgan fingerprint density at radius 2 is 1.66 bits per heavy atom. The quantitative estimate of drug-likeness (QED) is 0.199. The van der Waals surface area contributed by atoms with Crippen LogP contribution in [0.3, 0.4) is 0 Å². The molecule has 0 aliphatic heterocycles. The molecule has 10 nitrogen and oxygen atoms in total. The van der Waals surface area contributed by atoms with Gasteiger partial charge in [-0.2, -0.15) is 0 Å². The van der Waals surface area contributed by atoms with Crippen molar-refractivity contribution in [1.29, 1.82) is 0 Å². The van der Waals surface area contributed by atoms with Crippen LogP contribution in [0.5, 0.6) is 0 Å². The Bertz CT molecular complexity index is 953. The van der Waals surface area contributed by atoms with E-state index in [1.165, 1.54) is 6.92 Å². The van der Waals surface area contributed by atoms with Crippen LogP contribution in [0.4, 0.5) is 10.5 Å². The van der Waals surface area contributed by atoms with Gasteiger partial charge in [0.1, 0.15) is 6.61 Å². The first-order chi connectivity index (χ1) is 17.7. The monoisotopic (exact) mass is 532 g/mol. The third kappa shape index (κ3) is 13.8. The Morgan fingerprint density at radius 1 is 1.03 bits per heavy atom. The standard InChI is InChI=1S/C28H44N4O6/c1-18(2)25(32-24(35)13-14-28(4,5)6)23(34)16-21(8-7-15-30-27(29)37)26(36)31-22-11-9-20(10-12-22)17-38-19(3)33/h9-12,18,21,25H,7-8,13-17H2,1-6H3,(H,31,36)(H,32,35)(H3,29,30,37)/t21-,25+/m1/s1. The fraction of sp³-hybridized carbons (Fsp3) is 0.607. The molecule has 1 rings (SSSR count). The zero-order valence-electron chi connectivity index (χ0n) is 23.5. The van der Waals surface area contributed by atoms with Crippen LogP contribution in [0.15, 0.2) is 24.3 Å². The highest BCUT2D eigenvalue weighted by atomic mass is 16.5. The van der Waals surface area contributed by atoms with Crippen molar-refractivity contribution in [3.63, 3.8) is 0 Å². The first kappa shape index (κ1) is 32.6. The van der Waals surface area contributed by atoms with E-state index < -0.39 is 18.0 Å². The molecule has 5 N–H and O–H groups in total. The van der Waals surface area contributed by atoms with Crippen molar-refractivity contribution in [2.75, 3.05) is 11.9 Å². The molecular formula is C28H44N4O6. The summed E-state index contributed by atoms with van der Waals surface area (Å²) < 4.78 is 4.97. The van der Waals surface area contributed by atoms with Crippen LogP contribution in [0.1, 0.15) is 79.2 Å². The van der Waals surface area contributed by atoms with Gasteiger partial charge in [0, 0.05) is 37.9 Å². The van der Waals surface area contributed by atoms with Crippen LogP contribution in [0.25, 0.3) is 0 Å². The van der Waals surface area contributed by atoms with Gasteiger partial charge in [-0.15, -0.1) is 0 Å². The van der Waals surface area contributed by atoms with Gasteiger partial charge in [0.05, 0.1) is 6.04 Å². The van der Waals surface area contributed by atoms with Crippen LogP contribution < -0.4 is 21.7 Å². The second-order valence-corrected chi connectivity index (χ2v) is 11.1. The predicted octanol–water partition coefficient (Wildman–Crippen LogP) is 3.68. The fourth-order valence-corrected chi connectivity index (χ4v) is 3.72. The Morgan fingerprint density at radius 3 is 2.18 bits per heavy atom. The van der Waals surface area contributed by atoms with Gasteiger partial charge < -0.3 is 26.4 Å². The molecule has 1 aromatic rings. The second kappa shape index (κ2) is 15.7. The number of nitrogens with two attached hydrogens (primary N) is 1. The molecule has 0 heterocycles. The van der Waals surface area contributed by atoms with Crippen LogP contribution in [-0.2, 0) is 30.5 Å². The summed E-state index contributed by atoms with van der Waals surface area (Å²) in [6.07, 6.45) is 1.73. The lowest BCUT2D eigenvalue weighted by Crippen LogP contribution is -2.45. The van der Waals surface area contributed by atoms with Crippen LogP contribution >= 0.6 is 0 Å². The molecule has 0 aromatic heterocycles. The van der Waals surface area contributed by atoms with E-state index in [4.69, 9.17) is 10.5 Å². The molecule has 0 spiro atoms. The number of benzene rings is 1. The summed E-state index contributed by atoms with van der Waals surface area (Å²) in [6, 6.07) is 5.48. The van der Waals surface area contributed by atoms with Crippen molar-refractivity contribution >= 4 is 35.3 Å². The van der Waals surface area contributed by atoms with Gasteiger partial charge in [0.25, 0.3) is 0 Å². The number of nitrogens with one attached hydrogen (secondary N) is 3. The third-order valence-corrected chi connectivity index (χ3v) is 5.94. The second-order valence-electron chi connectivity index (χ2n) is 11.1. The highest BCUT2D eigenvalue weighted by Gasteiger charge is 2.29. The number of amides is 4. The Hall–Kier alpha value is -3.43. The molecule has 0 saturated heterocycles. The number of anilines is 1. The van der Waals surface area contributed by atoms with E-state index in [0.717, 1.165) is 5.56 Å². The molecule has 2 atom stereocenters. The van der Waals surface area contributed by atoms with Crippen molar-refractivity contribution < 1.29 is 28.7 Å². The fourth-order valence-electron chi connectivity index (χ4n) is 3.72. The SMILES string of the molecule is CC(=O)OCc1ccc(NC(=O)[C@H](CCCNC(N)=O)CC(=O)[C@@H](NC(=O)CCC(C)(C)C)C(C)C)cc1. The number of rotatable bonds is 15. The minimum absolute atomic E-state index is 0.00450. The van der Waals surface area contributed by atoms with Crippen molar-refractivity contribution in [2.45, 2.75) is 86.3 Å². The van der Waals surface area contributed by atoms with Gasteiger partial charge >= 0.3 is 12.0 Å². The largest absolute Gasteiger partial charge is 0.461 e. The predicted molar refractivity (Wildman–Crippen MR) is 146 cm³/mol. The van der Waals surface area contributed by atoms with E-state index in [2.05, 4.69) is 36.7 Å². The maximum absolute atomic E-state index is 13.3. The van der Waals surface area contributed by atoms with Crippen LogP contribution in [0, 0.1) is 17.3 Å². The molecule has 4 amide bonds. The normalized spacial score (nSPS) is 12.8. The molecule has 0 aliphatic carbocycles. The van der Waals surface area contributed by atoms with E-state index in [9.17, 15) is 24.0 Å². The van der Waals surface area contributed by atoms with E-state index >= 15 is 0 Å². The highest BCUT2D eigenvalue weighted by Crippen LogP contribution is 2.22. The van der Waals surface area contributed by atoms with Crippen molar-refractivity contribution in [3.8, 4) is 0 Å². The molecule has 0 unspecified atom stereocenters. The molecular weight excluding hydrogens is 488 g/mol. The number of ketones is 1. The Kier molecular flexibility index (Phi) is 13.5. The van der Waals surface area contributed by atoms with E-state index in [1.54, 1.807) is 24.3 Å². The lowest BCUT2D eigenvalue weighted by atomic mass is 9.88. The molecule has 0 radical (unpaired) electrons. The minimum Gasteiger partial charge on any atom is -0.461 e. The van der Waals surface area contributed by atoms with Crippen molar-refractivity contribution in [3.05, 3.63) is 29.8 Å². The maximum atomic E-state index is 13.3. The molecule has 38 heavy (non-hydrogen) atoms. The van der Waals surface area contributed by atoms with E-state index in [-0.39, 0.29) is 54.5 Å². The number of urea groups is 1. The van der Waals surface area contributed by atoms with E-state index in [0.29, 0.717) is 31.4 Å². The summed E-state index contributed by atoms with van der Waals surface area (Å²) in [5, 5.41) is 8.19. The maximum Gasteiger partial charge on any atom is 0.312 e. The average molecular weight is 533 g/mol. The average Bonchev–Trinajstić information content (AvgIpc) is 2.81. The van der Waals surface area contributed by atoms with Gasteiger partial charge in [-0.3, -0.25) is 19.2 Å². The molecule has 0 saturated carbocycles. The van der Waals surface area contributed by atoms with Gasteiger partial charge in [0.2, 0.25) is 11.8 Å². The summed E-state index contributed by atoms with van der Waals surface area (Å²) in [7, 11) is 0. The van der Waals surface area contributed by atoms with E-state index in [1.807, 2.05) is 13.8 Å². The summed E-state index contributed by atoms with van der Waals surface area (Å²) in [5.41, 5.74) is 6.42.